The maximum Gasteiger partial charge on any atom is 0.278 e. The molecule has 0 aliphatic heterocycles. The summed E-state index contributed by atoms with van der Waals surface area (Å²) in [4.78, 5) is 14.9. The maximum absolute atomic E-state index is 12.6. The van der Waals surface area contributed by atoms with E-state index in [4.69, 9.17) is 0 Å². The highest BCUT2D eigenvalue weighted by Crippen LogP contribution is 2.22. The highest BCUT2D eigenvalue weighted by atomic mass is 32.2. The van der Waals surface area contributed by atoms with Crippen molar-refractivity contribution >= 4 is 33.3 Å². The van der Waals surface area contributed by atoms with Crippen LogP contribution in [-0.2, 0) is 10.0 Å². The van der Waals surface area contributed by atoms with Gasteiger partial charge in [-0.25, -0.2) is 8.42 Å². The number of nitrogens with zero attached hydrogens (tertiary/aromatic N) is 2. The molecule has 8 heteroatoms. The predicted molar refractivity (Wildman–Crippen MR) is 114 cm³/mol. The Kier molecular flexibility index (Phi) is 5.74. The highest BCUT2D eigenvalue weighted by molar-refractivity contribution is 7.92. The van der Waals surface area contributed by atoms with Crippen LogP contribution in [0.4, 0.5) is 17.1 Å². The molecule has 0 heterocycles. The number of hydrogen-bond acceptors (Lipinski definition) is 5. The van der Waals surface area contributed by atoms with Gasteiger partial charge in [0.25, 0.3) is 15.7 Å². The first-order valence-corrected chi connectivity index (χ1v) is 10.2. The van der Waals surface area contributed by atoms with Crippen molar-refractivity contribution in [1.29, 1.82) is 0 Å². The second-order valence-electron chi connectivity index (χ2n) is 6.55. The van der Waals surface area contributed by atoms with Crippen molar-refractivity contribution in [3.8, 4) is 0 Å². The highest BCUT2D eigenvalue weighted by Gasteiger charge is 2.14. The lowest BCUT2D eigenvalue weighted by Gasteiger charge is -2.10. The summed E-state index contributed by atoms with van der Waals surface area (Å²) in [5.41, 5.74) is 3.22. The summed E-state index contributed by atoms with van der Waals surface area (Å²) in [6, 6.07) is 17.7. The zero-order valence-corrected chi connectivity index (χ0v) is 16.7. The topological polar surface area (TPSA) is 102 Å². The van der Waals surface area contributed by atoms with Gasteiger partial charge in [-0.05, 0) is 67.4 Å². The molecule has 3 aromatic rings. The summed E-state index contributed by atoms with van der Waals surface area (Å²) < 4.78 is 27.8. The summed E-state index contributed by atoms with van der Waals surface area (Å²) in [7, 11) is -3.74. The molecule has 0 bridgehead atoms. The first kappa shape index (κ1) is 20.2. The SMILES string of the molecule is Cc1cc(C)cc(NS(=O)(=O)c2ccc(N=Cc3ccccc3[N+](=O)[O-])cc2)c1. The zero-order valence-electron chi connectivity index (χ0n) is 15.9. The Labute approximate surface area is 168 Å². The van der Waals surface area contributed by atoms with Crippen molar-refractivity contribution < 1.29 is 13.3 Å². The molecule has 0 spiro atoms. The molecule has 3 aromatic carbocycles. The van der Waals surface area contributed by atoms with Crippen LogP contribution in [0, 0.1) is 24.0 Å². The van der Waals surface area contributed by atoms with Gasteiger partial charge >= 0.3 is 0 Å². The zero-order chi connectivity index (χ0) is 21.0. The molecular weight excluding hydrogens is 390 g/mol. The van der Waals surface area contributed by atoms with E-state index >= 15 is 0 Å². The van der Waals surface area contributed by atoms with Gasteiger partial charge in [-0.2, -0.15) is 0 Å². The maximum atomic E-state index is 12.6. The fourth-order valence-electron chi connectivity index (χ4n) is 2.87. The van der Waals surface area contributed by atoms with Crippen LogP contribution in [-0.4, -0.2) is 19.6 Å². The van der Waals surface area contributed by atoms with Crippen LogP contribution >= 0.6 is 0 Å². The number of hydrogen-bond donors (Lipinski definition) is 1. The molecule has 0 aliphatic rings. The Hall–Kier alpha value is -3.52. The standard InChI is InChI=1S/C21H19N3O4S/c1-15-11-16(2)13-19(12-15)23-29(27,28)20-9-7-18(8-10-20)22-14-17-5-3-4-6-21(17)24(25)26/h3-14,23H,1-2H3. The van der Waals surface area contributed by atoms with E-state index < -0.39 is 14.9 Å². The van der Waals surface area contributed by atoms with E-state index in [2.05, 4.69) is 9.71 Å². The molecule has 0 saturated heterocycles. The molecule has 7 nitrogen and oxygen atoms in total. The molecule has 148 valence electrons. The van der Waals surface area contributed by atoms with Crippen LogP contribution in [0.3, 0.4) is 0 Å². The Bertz CT molecular complexity index is 1170. The molecule has 0 aliphatic carbocycles. The third kappa shape index (κ3) is 5.05. The van der Waals surface area contributed by atoms with Crippen LogP contribution in [0.15, 0.2) is 76.6 Å². The van der Waals surface area contributed by atoms with Crippen molar-refractivity contribution in [2.24, 2.45) is 4.99 Å². The van der Waals surface area contributed by atoms with Gasteiger partial charge in [0.1, 0.15) is 0 Å². The minimum atomic E-state index is -3.74. The van der Waals surface area contributed by atoms with Gasteiger partial charge in [0, 0.05) is 18.0 Å². The molecular formula is C21H19N3O4S. The monoisotopic (exact) mass is 409 g/mol. The van der Waals surface area contributed by atoms with Gasteiger partial charge in [-0.15, -0.1) is 0 Å². The predicted octanol–water partition coefficient (Wildman–Crippen LogP) is 4.76. The van der Waals surface area contributed by atoms with Crippen LogP contribution in [0.5, 0.6) is 0 Å². The van der Waals surface area contributed by atoms with Crippen molar-refractivity contribution in [1.82, 2.24) is 0 Å². The van der Waals surface area contributed by atoms with Crippen molar-refractivity contribution in [3.05, 3.63) is 93.5 Å². The lowest BCUT2D eigenvalue weighted by atomic mass is 10.1. The molecule has 0 saturated carbocycles. The molecule has 29 heavy (non-hydrogen) atoms. The number of nitro benzene ring substituents is 1. The first-order chi connectivity index (χ1) is 13.7. The van der Waals surface area contributed by atoms with Gasteiger partial charge in [0.15, 0.2) is 0 Å². The van der Waals surface area contributed by atoms with E-state index in [-0.39, 0.29) is 10.6 Å². The molecule has 0 radical (unpaired) electrons. The number of rotatable bonds is 6. The number of aliphatic imine (C=N–C) groups is 1. The Morgan fingerprint density at radius 3 is 2.21 bits per heavy atom. The lowest BCUT2D eigenvalue weighted by Crippen LogP contribution is -2.13. The second kappa shape index (κ2) is 8.24. The molecule has 0 atom stereocenters. The minimum absolute atomic E-state index is 0.0481. The molecule has 0 fully saturated rings. The quantitative estimate of drug-likeness (QED) is 0.360. The first-order valence-electron chi connectivity index (χ1n) is 8.73. The summed E-state index contributed by atoms with van der Waals surface area (Å²) in [5.74, 6) is 0. The number of sulfonamides is 1. The fraction of sp³-hybridized carbons (Fsp3) is 0.0952. The van der Waals surface area contributed by atoms with E-state index in [1.54, 1.807) is 42.5 Å². The number of nitro groups is 1. The van der Waals surface area contributed by atoms with E-state index in [9.17, 15) is 18.5 Å². The average Bonchev–Trinajstić information content (AvgIpc) is 2.65. The third-order valence-corrected chi connectivity index (χ3v) is 5.50. The van der Waals surface area contributed by atoms with Crippen molar-refractivity contribution in [2.75, 3.05) is 4.72 Å². The largest absolute Gasteiger partial charge is 0.280 e. The Morgan fingerprint density at radius 1 is 0.966 bits per heavy atom. The number of anilines is 1. The molecule has 0 amide bonds. The minimum Gasteiger partial charge on any atom is -0.280 e. The molecule has 3 rings (SSSR count). The second-order valence-corrected chi connectivity index (χ2v) is 8.23. The Balaban J connectivity index is 1.80. The van der Waals surface area contributed by atoms with Crippen LogP contribution < -0.4 is 4.72 Å². The normalized spacial score (nSPS) is 11.5. The third-order valence-electron chi connectivity index (χ3n) is 4.11. The van der Waals surface area contributed by atoms with E-state index in [0.29, 0.717) is 16.9 Å². The smallest absolute Gasteiger partial charge is 0.278 e. The van der Waals surface area contributed by atoms with Gasteiger partial charge < -0.3 is 0 Å². The summed E-state index contributed by atoms with van der Waals surface area (Å²) >= 11 is 0. The molecule has 1 N–H and O–H groups in total. The van der Waals surface area contributed by atoms with Gasteiger partial charge in [0.2, 0.25) is 0 Å². The van der Waals surface area contributed by atoms with Gasteiger partial charge in [0.05, 0.1) is 21.1 Å². The number of nitrogens with one attached hydrogen (secondary N) is 1. The van der Waals surface area contributed by atoms with Crippen LogP contribution in [0.25, 0.3) is 0 Å². The van der Waals surface area contributed by atoms with Gasteiger partial charge in [-0.3, -0.25) is 19.8 Å². The van der Waals surface area contributed by atoms with E-state index in [1.807, 2.05) is 19.9 Å². The summed E-state index contributed by atoms with van der Waals surface area (Å²) in [6.07, 6.45) is 1.38. The average molecular weight is 409 g/mol. The van der Waals surface area contributed by atoms with Crippen LogP contribution in [0.2, 0.25) is 0 Å². The summed E-state index contributed by atoms with van der Waals surface area (Å²) in [5, 5.41) is 11.1. The lowest BCUT2D eigenvalue weighted by molar-refractivity contribution is -0.385. The Morgan fingerprint density at radius 2 is 1.59 bits per heavy atom. The summed E-state index contributed by atoms with van der Waals surface area (Å²) in [6.45, 7) is 3.79. The van der Waals surface area contributed by atoms with Crippen molar-refractivity contribution in [2.45, 2.75) is 18.7 Å². The molecule has 0 unspecified atom stereocenters. The number of benzene rings is 3. The van der Waals surface area contributed by atoms with E-state index in [1.165, 1.54) is 24.4 Å². The van der Waals surface area contributed by atoms with Gasteiger partial charge in [-0.1, -0.05) is 18.2 Å². The van der Waals surface area contributed by atoms with Crippen LogP contribution in [0.1, 0.15) is 16.7 Å². The van der Waals surface area contributed by atoms with E-state index in [0.717, 1.165) is 11.1 Å². The number of aryl methyl sites for hydroxylation is 2. The molecule has 0 aromatic heterocycles. The fourth-order valence-corrected chi connectivity index (χ4v) is 3.91. The van der Waals surface area contributed by atoms with Crippen molar-refractivity contribution in [3.63, 3.8) is 0 Å². The number of para-hydroxylation sites is 1.